The summed E-state index contributed by atoms with van der Waals surface area (Å²) < 4.78 is 25.1. The number of ether oxygens (including phenoxy) is 1. The number of nitrogens with zero attached hydrogens (tertiary/aromatic N) is 1. The van der Waals surface area contributed by atoms with E-state index in [2.05, 4.69) is 15.8 Å². The van der Waals surface area contributed by atoms with Gasteiger partial charge in [-0.25, -0.2) is 4.39 Å². The molecule has 2 aliphatic rings. The molecule has 0 saturated carbocycles. The smallest absolute Gasteiger partial charge is 0.233 e. The second-order valence-electron chi connectivity index (χ2n) is 5.57. The lowest BCUT2D eigenvalue weighted by molar-refractivity contribution is -0.155. The zero-order valence-electron chi connectivity index (χ0n) is 11.3. The lowest BCUT2D eigenvalue weighted by Crippen LogP contribution is -2.59. The molecule has 0 radical (unpaired) electrons. The molecule has 1 unspecified atom stereocenters. The monoisotopic (exact) mass is 283 g/mol. The average molecular weight is 283 g/mol. The Bertz CT molecular complexity index is 495. The Labute approximate surface area is 116 Å². The number of hydrogen-bond donors (Lipinski definition) is 2. The fourth-order valence-corrected chi connectivity index (χ4v) is 2.99. The molecule has 3 heterocycles. The molecule has 1 aromatic heterocycles. The van der Waals surface area contributed by atoms with E-state index in [1.165, 1.54) is 6.26 Å². The highest BCUT2D eigenvalue weighted by atomic mass is 19.1. The minimum atomic E-state index is -1.54. The van der Waals surface area contributed by atoms with Crippen LogP contribution in [0.4, 0.5) is 4.39 Å². The van der Waals surface area contributed by atoms with Crippen molar-refractivity contribution in [1.82, 2.24) is 15.8 Å². The Kier molecular flexibility index (Phi) is 3.25. The molecule has 0 spiro atoms. The minimum Gasteiger partial charge on any atom is -0.380 e. The molecule has 20 heavy (non-hydrogen) atoms. The molecule has 110 valence electrons. The van der Waals surface area contributed by atoms with E-state index in [-0.39, 0.29) is 31.5 Å². The SMILES string of the molecule is CC(NC(=O)[C@]12CNC[C@@]1(F)CCOC2)c1ccon1. The summed E-state index contributed by atoms with van der Waals surface area (Å²) in [6, 6.07) is 1.35. The van der Waals surface area contributed by atoms with Crippen molar-refractivity contribution in [3.8, 4) is 0 Å². The van der Waals surface area contributed by atoms with E-state index in [0.717, 1.165) is 0 Å². The molecule has 3 rings (SSSR count). The number of amides is 1. The first-order valence-corrected chi connectivity index (χ1v) is 6.76. The second-order valence-corrected chi connectivity index (χ2v) is 5.57. The molecule has 6 nitrogen and oxygen atoms in total. The Morgan fingerprint density at radius 3 is 3.20 bits per heavy atom. The average Bonchev–Trinajstić information content (AvgIpc) is 3.05. The third-order valence-electron chi connectivity index (χ3n) is 4.36. The maximum atomic E-state index is 15.0. The molecule has 2 N–H and O–H groups in total. The third kappa shape index (κ3) is 1.92. The zero-order valence-corrected chi connectivity index (χ0v) is 11.3. The first kappa shape index (κ1) is 13.5. The highest BCUT2D eigenvalue weighted by molar-refractivity contribution is 5.85. The fourth-order valence-electron chi connectivity index (χ4n) is 2.99. The highest BCUT2D eigenvalue weighted by Crippen LogP contribution is 2.44. The largest absolute Gasteiger partial charge is 0.380 e. The number of rotatable bonds is 3. The van der Waals surface area contributed by atoms with E-state index in [9.17, 15) is 4.79 Å². The minimum absolute atomic E-state index is 0.105. The van der Waals surface area contributed by atoms with E-state index in [1.807, 2.05) is 0 Å². The summed E-state index contributed by atoms with van der Waals surface area (Å²) in [6.45, 7) is 2.74. The number of nitrogens with one attached hydrogen (secondary N) is 2. The van der Waals surface area contributed by atoms with Gasteiger partial charge in [-0.2, -0.15) is 0 Å². The van der Waals surface area contributed by atoms with Gasteiger partial charge < -0.3 is 19.9 Å². The number of carbonyl (C=O) groups is 1. The van der Waals surface area contributed by atoms with Crippen LogP contribution in [0.25, 0.3) is 0 Å². The lowest BCUT2D eigenvalue weighted by atomic mass is 9.72. The maximum absolute atomic E-state index is 15.0. The van der Waals surface area contributed by atoms with Gasteiger partial charge in [0.1, 0.15) is 23.0 Å². The van der Waals surface area contributed by atoms with Gasteiger partial charge in [-0.15, -0.1) is 0 Å². The molecule has 2 fully saturated rings. The van der Waals surface area contributed by atoms with Crippen LogP contribution in [0.5, 0.6) is 0 Å². The van der Waals surface area contributed by atoms with E-state index < -0.39 is 11.1 Å². The summed E-state index contributed by atoms with van der Waals surface area (Å²) in [5.41, 5.74) is -2.08. The zero-order chi connectivity index (χ0) is 14.2. The van der Waals surface area contributed by atoms with Crippen molar-refractivity contribution < 1.29 is 18.4 Å². The Morgan fingerprint density at radius 2 is 2.45 bits per heavy atom. The van der Waals surface area contributed by atoms with Crippen LogP contribution in [-0.2, 0) is 9.53 Å². The second kappa shape index (κ2) is 4.82. The number of alkyl halides is 1. The van der Waals surface area contributed by atoms with Gasteiger partial charge in [0.2, 0.25) is 5.91 Å². The van der Waals surface area contributed by atoms with Crippen molar-refractivity contribution in [3.63, 3.8) is 0 Å². The van der Waals surface area contributed by atoms with Crippen LogP contribution in [0.3, 0.4) is 0 Å². The molecule has 2 saturated heterocycles. The lowest BCUT2D eigenvalue weighted by Gasteiger charge is -2.41. The van der Waals surface area contributed by atoms with Gasteiger partial charge in [0, 0.05) is 32.2 Å². The maximum Gasteiger partial charge on any atom is 0.233 e. The quantitative estimate of drug-likeness (QED) is 0.848. The van der Waals surface area contributed by atoms with E-state index in [1.54, 1.807) is 13.0 Å². The Hall–Kier alpha value is -1.47. The van der Waals surface area contributed by atoms with Crippen molar-refractivity contribution in [1.29, 1.82) is 0 Å². The predicted molar refractivity (Wildman–Crippen MR) is 67.6 cm³/mol. The van der Waals surface area contributed by atoms with Crippen molar-refractivity contribution in [2.45, 2.75) is 25.1 Å². The van der Waals surface area contributed by atoms with Crippen LogP contribution in [0, 0.1) is 5.41 Å². The normalized spacial score (nSPS) is 34.5. The summed E-state index contributed by atoms with van der Waals surface area (Å²) in [4.78, 5) is 12.6. The van der Waals surface area contributed by atoms with Crippen molar-refractivity contribution in [2.75, 3.05) is 26.3 Å². The predicted octanol–water partition coefficient (Wildman–Crippen LogP) is 0.570. The van der Waals surface area contributed by atoms with E-state index in [4.69, 9.17) is 9.26 Å². The van der Waals surface area contributed by atoms with Crippen molar-refractivity contribution in [2.24, 2.45) is 5.41 Å². The van der Waals surface area contributed by atoms with Crippen molar-refractivity contribution in [3.05, 3.63) is 18.0 Å². The van der Waals surface area contributed by atoms with Crippen LogP contribution in [0.2, 0.25) is 0 Å². The molecule has 0 bridgehead atoms. The van der Waals surface area contributed by atoms with Gasteiger partial charge >= 0.3 is 0 Å². The molecule has 0 aromatic carbocycles. The summed E-state index contributed by atoms with van der Waals surface area (Å²) in [6.07, 6.45) is 1.68. The number of hydrogen-bond acceptors (Lipinski definition) is 5. The molecular weight excluding hydrogens is 265 g/mol. The first-order chi connectivity index (χ1) is 9.57. The molecule has 1 aromatic rings. The number of carbonyl (C=O) groups excluding carboxylic acids is 1. The van der Waals surface area contributed by atoms with Gasteiger partial charge in [0.15, 0.2) is 0 Å². The number of halogens is 1. The summed E-state index contributed by atoms with van der Waals surface area (Å²) in [7, 11) is 0. The molecule has 1 amide bonds. The van der Waals surface area contributed by atoms with E-state index >= 15 is 4.39 Å². The first-order valence-electron chi connectivity index (χ1n) is 6.76. The van der Waals surface area contributed by atoms with Crippen LogP contribution >= 0.6 is 0 Å². The topological polar surface area (TPSA) is 76.4 Å². The Balaban J connectivity index is 1.78. The van der Waals surface area contributed by atoms with Crippen LogP contribution in [0.15, 0.2) is 16.9 Å². The van der Waals surface area contributed by atoms with Crippen LogP contribution in [-0.4, -0.2) is 43.0 Å². The Morgan fingerprint density at radius 1 is 1.60 bits per heavy atom. The summed E-state index contributed by atoms with van der Waals surface area (Å²) >= 11 is 0. The van der Waals surface area contributed by atoms with Crippen molar-refractivity contribution >= 4 is 5.91 Å². The summed E-state index contributed by atoms with van der Waals surface area (Å²) in [5.74, 6) is -0.333. The summed E-state index contributed by atoms with van der Waals surface area (Å²) in [5, 5.41) is 9.59. The highest BCUT2D eigenvalue weighted by Gasteiger charge is 2.62. The van der Waals surface area contributed by atoms with Gasteiger partial charge in [0.25, 0.3) is 0 Å². The van der Waals surface area contributed by atoms with Crippen LogP contribution < -0.4 is 10.6 Å². The molecule has 3 atom stereocenters. The van der Waals surface area contributed by atoms with Gasteiger partial charge in [-0.3, -0.25) is 4.79 Å². The van der Waals surface area contributed by atoms with Gasteiger partial charge in [-0.1, -0.05) is 5.16 Å². The van der Waals surface area contributed by atoms with Gasteiger partial charge in [0.05, 0.1) is 12.6 Å². The molecular formula is C13H18FN3O3. The molecule has 7 heteroatoms. The number of fused-ring (bicyclic) bond motifs is 1. The fraction of sp³-hybridized carbons (Fsp3) is 0.692. The molecule has 0 aliphatic carbocycles. The third-order valence-corrected chi connectivity index (χ3v) is 4.36. The standard InChI is InChI=1S/C13H18FN3O3/c1-9(10-2-4-20-17-10)16-11(18)12-6-15-7-13(12,14)3-5-19-8-12/h2,4,9,15H,3,5-8H2,1H3,(H,16,18)/t9?,12-,13+/m1/s1. The number of aromatic nitrogens is 1. The van der Waals surface area contributed by atoms with E-state index in [0.29, 0.717) is 18.8 Å². The molecule has 2 aliphatic heterocycles. The van der Waals surface area contributed by atoms with Gasteiger partial charge in [-0.05, 0) is 6.92 Å². The van der Waals surface area contributed by atoms with Crippen LogP contribution in [0.1, 0.15) is 25.1 Å².